The van der Waals surface area contributed by atoms with E-state index in [1.54, 1.807) is 0 Å². The van der Waals surface area contributed by atoms with Gasteiger partial charge >= 0.3 is 5.97 Å². The average molecular weight is 270 g/mol. The predicted octanol–water partition coefficient (Wildman–Crippen LogP) is 1.38. The van der Waals surface area contributed by atoms with Crippen molar-refractivity contribution in [1.29, 1.82) is 0 Å². The molecule has 0 saturated heterocycles. The van der Waals surface area contributed by atoms with Gasteiger partial charge in [0.05, 0.1) is 0 Å². The molecule has 19 heavy (non-hydrogen) atoms. The van der Waals surface area contributed by atoms with E-state index in [9.17, 15) is 9.59 Å². The molecule has 0 aromatic heterocycles. The molecule has 5 nitrogen and oxygen atoms in total. The molecule has 0 spiro atoms. The van der Waals surface area contributed by atoms with Gasteiger partial charge in [-0.3, -0.25) is 9.59 Å². The summed E-state index contributed by atoms with van der Waals surface area (Å²) in [6.07, 6.45) is 3.86. The van der Waals surface area contributed by atoms with E-state index in [0.717, 1.165) is 6.42 Å². The molecule has 1 aliphatic rings. The molecule has 1 unspecified atom stereocenters. The highest BCUT2D eigenvalue weighted by Crippen LogP contribution is 2.18. The van der Waals surface area contributed by atoms with E-state index in [1.165, 1.54) is 12.8 Å². The molecule has 0 radical (unpaired) electrons. The SMILES string of the molecule is CC(C)CC(CNC(=O)CCNC1CC1)CC(=O)O. The van der Waals surface area contributed by atoms with Crippen LogP contribution in [0.3, 0.4) is 0 Å². The Labute approximate surface area is 115 Å². The number of nitrogens with one attached hydrogen (secondary N) is 2. The van der Waals surface area contributed by atoms with Crippen LogP contribution in [0.5, 0.6) is 0 Å². The van der Waals surface area contributed by atoms with Crippen LogP contribution in [0.2, 0.25) is 0 Å². The molecule has 5 heteroatoms. The van der Waals surface area contributed by atoms with Gasteiger partial charge in [-0.05, 0) is 31.1 Å². The monoisotopic (exact) mass is 270 g/mol. The zero-order valence-corrected chi connectivity index (χ0v) is 11.9. The number of aliphatic carboxylic acids is 1. The number of carboxylic acids is 1. The highest BCUT2D eigenvalue weighted by molar-refractivity contribution is 5.76. The molecule has 1 amide bonds. The van der Waals surface area contributed by atoms with Crippen LogP contribution < -0.4 is 10.6 Å². The van der Waals surface area contributed by atoms with Crippen molar-refractivity contribution in [1.82, 2.24) is 10.6 Å². The lowest BCUT2D eigenvalue weighted by Crippen LogP contribution is -2.33. The van der Waals surface area contributed by atoms with E-state index in [4.69, 9.17) is 5.11 Å². The molecule has 1 aliphatic carbocycles. The number of amides is 1. The van der Waals surface area contributed by atoms with Crippen LogP contribution in [0.1, 0.15) is 46.0 Å². The van der Waals surface area contributed by atoms with Gasteiger partial charge in [0, 0.05) is 32.0 Å². The Bertz CT molecular complexity index is 301. The van der Waals surface area contributed by atoms with Crippen LogP contribution in [0.25, 0.3) is 0 Å². The van der Waals surface area contributed by atoms with Crippen molar-refractivity contribution in [3.05, 3.63) is 0 Å². The number of carbonyl (C=O) groups is 2. The summed E-state index contributed by atoms with van der Waals surface area (Å²) in [5, 5.41) is 15.0. The Morgan fingerprint density at radius 3 is 2.53 bits per heavy atom. The van der Waals surface area contributed by atoms with Gasteiger partial charge in [-0.15, -0.1) is 0 Å². The highest BCUT2D eigenvalue weighted by atomic mass is 16.4. The van der Waals surface area contributed by atoms with Gasteiger partial charge in [0.15, 0.2) is 0 Å². The summed E-state index contributed by atoms with van der Waals surface area (Å²) in [7, 11) is 0. The Balaban J connectivity index is 2.16. The zero-order chi connectivity index (χ0) is 14.3. The van der Waals surface area contributed by atoms with Crippen molar-refractivity contribution >= 4 is 11.9 Å². The van der Waals surface area contributed by atoms with Crippen molar-refractivity contribution in [2.45, 2.75) is 52.0 Å². The van der Waals surface area contributed by atoms with Gasteiger partial charge in [0.25, 0.3) is 0 Å². The fourth-order valence-corrected chi connectivity index (χ4v) is 2.18. The maximum absolute atomic E-state index is 11.6. The van der Waals surface area contributed by atoms with Crippen molar-refractivity contribution in [3.8, 4) is 0 Å². The van der Waals surface area contributed by atoms with Gasteiger partial charge in [-0.1, -0.05) is 13.8 Å². The summed E-state index contributed by atoms with van der Waals surface area (Å²) in [4.78, 5) is 22.4. The molecule has 0 aliphatic heterocycles. The van der Waals surface area contributed by atoms with E-state index in [-0.39, 0.29) is 18.2 Å². The van der Waals surface area contributed by atoms with Crippen molar-refractivity contribution < 1.29 is 14.7 Å². The van der Waals surface area contributed by atoms with Crippen molar-refractivity contribution in [3.63, 3.8) is 0 Å². The second kappa shape index (κ2) is 8.15. The minimum absolute atomic E-state index is 0.00675. The van der Waals surface area contributed by atoms with E-state index in [0.29, 0.717) is 31.5 Å². The number of rotatable bonds is 10. The average Bonchev–Trinajstić information content (AvgIpc) is 3.08. The summed E-state index contributed by atoms with van der Waals surface area (Å²) < 4.78 is 0. The third-order valence-corrected chi connectivity index (χ3v) is 3.22. The molecule has 1 saturated carbocycles. The zero-order valence-electron chi connectivity index (χ0n) is 11.9. The Kier molecular flexibility index (Phi) is 6.84. The predicted molar refractivity (Wildman–Crippen MR) is 73.8 cm³/mol. The first kappa shape index (κ1) is 16.0. The standard InChI is InChI=1S/C14H26N2O3/c1-10(2)7-11(8-14(18)19)9-16-13(17)5-6-15-12-3-4-12/h10-12,15H,3-9H2,1-2H3,(H,16,17)(H,18,19). The van der Waals surface area contributed by atoms with Crippen LogP contribution >= 0.6 is 0 Å². The third-order valence-electron chi connectivity index (χ3n) is 3.22. The topological polar surface area (TPSA) is 78.4 Å². The lowest BCUT2D eigenvalue weighted by molar-refractivity contribution is -0.138. The maximum atomic E-state index is 11.6. The van der Waals surface area contributed by atoms with Crippen LogP contribution in [0.15, 0.2) is 0 Å². The molecular weight excluding hydrogens is 244 g/mol. The number of carbonyl (C=O) groups excluding carboxylic acids is 1. The van der Waals surface area contributed by atoms with Gasteiger partial charge in [0.2, 0.25) is 5.91 Å². The first-order valence-electron chi connectivity index (χ1n) is 7.19. The van der Waals surface area contributed by atoms with Crippen LogP contribution in [-0.4, -0.2) is 36.1 Å². The molecule has 3 N–H and O–H groups in total. The second-order valence-electron chi connectivity index (χ2n) is 5.88. The second-order valence-corrected chi connectivity index (χ2v) is 5.88. The number of carboxylic acid groups (broad SMARTS) is 1. The van der Waals surface area contributed by atoms with E-state index < -0.39 is 5.97 Å². The lowest BCUT2D eigenvalue weighted by atomic mass is 9.94. The molecule has 0 aromatic rings. The normalized spacial score (nSPS) is 16.4. The van der Waals surface area contributed by atoms with Crippen LogP contribution in [0.4, 0.5) is 0 Å². The fraction of sp³-hybridized carbons (Fsp3) is 0.857. The van der Waals surface area contributed by atoms with Gasteiger partial charge in [-0.2, -0.15) is 0 Å². The van der Waals surface area contributed by atoms with E-state index >= 15 is 0 Å². The summed E-state index contributed by atoms with van der Waals surface area (Å²) in [5.41, 5.74) is 0. The Hall–Kier alpha value is -1.10. The number of hydrogen-bond acceptors (Lipinski definition) is 3. The smallest absolute Gasteiger partial charge is 0.303 e. The summed E-state index contributed by atoms with van der Waals surface area (Å²) in [6, 6.07) is 0.619. The molecule has 1 fully saturated rings. The van der Waals surface area contributed by atoms with Crippen molar-refractivity contribution in [2.24, 2.45) is 11.8 Å². The summed E-state index contributed by atoms with van der Waals surface area (Å²) in [6.45, 7) is 5.31. The minimum Gasteiger partial charge on any atom is -0.481 e. The molecule has 110 valence electrons. The fourth-order valence-electron chi connectivity index (χ4n) is 2.18. The summed E-state index contributed by atoms with van der Waals surface area (Å²) in [5.74, 6) is -0.321. The first-order chi connectivity index (χ1) is 8.97. The van der Waals surface area contributed by atoms with E-state index in [1.807, 2.05) is 0 Å². The minimum atomic E-state index is -0.796. The molecule has 0 aromatic carbocycles. The number of hydrogen-bond donors (Lipinski definition) is 3. The Morgan fingerprint density at radius 1 is 1.32 bits per heavy atom. The van der Waals surface area contributed by atoms with Crippen LogP contribution in [-0.2, 0) is 9.59 Å². The van der Waals surface area contributed by atoms with E-state index in [2.05, 4.69) is 24.5 Å². The van der Waals surface area contributed by atoms with Crippen LogP contribution in [0, 0.1) is 11.8 Å². The third kappa shape index (κ3) is 8.59. The largest absolute Gasteiger partial charge is 0.481 e. The molecule has 0 heterocycles. The van der Waals surface area contributed by atoms with Gasteiger partial charge in [-0.25, -0.2) is 0 Å². The first-order valence-corrected chi connectivity index (χ1v) is 7.19. The van der Waals surface area contributed by atoms with Crippen molar-refractivity contribution in [2.75, 3.05) is 13.1 Å². The molecule has 0 bridgehead atoms. The molecule has 1 rings (SSSR count). The molecule has 1 atom stereocenters. The highest BCUT2D eigenvalue weighted by Gasteiger charge is 2.20. The maximum Gasteiger partial charge on any atom is 0.303 e. The van der Waals surface area contributed by atoms with Gasteiger partial charge < -0.3 is 15.7 Å². The quantitative estimate of drug-likeness (QED) is 0.560. The lowest BCUT2D eigenvalue weighted by Gasteiger charge is -2.17. The Morgan fingerprint density at radius 2 is 2.00 bits per heavy atom. The summed E-state index contributed by atoms with van der Waals surface area (Å²) >= 11 is 0. The van der Waals surface area contributed by atoms with Gasteiger partial charge in [0.1, 0.15) is 0 Å². The molecular formula is C14H26N2O3.